The summed E-state index contributed by atoms with van der Waals surface area (Å²) in [6.45, 7) is 7.49. The molecule has 0 unspecified atom stereocenters. The average Bonchev–Trinajstić information content (AvgIpc) is 2.37. The van der Waals surface area contributed by atoms with E-state index in [0.29, 0.717) is 6.42 Å². The highest BCUT2D eigenvalue weighted by Gasteiger charge is 2.02. The number of carbonyl (C=O) groups is 1. The van der Waals surface area contributed by atoms with Crippen LogP contribution in [0.25, 0.3) is 0 Å². The lowest BCUT2D eigenvalue weighted by molar-refractivity contribution is -0.116. The van der Waals surface area contributed by atoms with Gasteiger partial charge in [0.1, 0.15) is 0 Å². The molecule has 1 aromatic rings. The van der Waals surface area contributed by atoms with Crippen LogP contribution in [0.15, 0.2) is 36.9 Å². The van der Waals surface area contributed by atoms with E-state index in [1.807, 2.05) is 24.3 Å². The van der Waals surface area contributed by atoms with E-state index in [9.17, 15) is 4.79 Å². The quantitative estimate of drug-likeness (QED) is 0.563. The van der Waals surface area contributed by atoms with Gasteiger partial charge in [0.25, 0.3) is 0 Å². The van der Waals surface area contributed by atoms with Crippen LogP contribution in [0, 0.1) is 0 Å². The molecule has 0 aliphatic rings. The molecule has 5 heteroatoms. The van der Waals surface area contributed by atoms with Crippen molar-refractivity contribution in [2.75, 3.05) is 11.9 Å². The third-order valence-corrected chi connectivity index (χ3v) is 2.60. The molecule has 0 bridgehead atoms. The van der Waals surface area contributed by atoms with Gasteiger partial charge in [0.2, 0.25) is 5.91 Å². The minimum absolute atomic E-state index is 0. The first kappa shape index (κ1) is 21.3. The first-order valence-electron chi connectivity index (χ1n) is 6.46. The van der Waals surface area contributed by atoms with Crippen LogP contribution in [0.5, 0.6) is 0 Å². The van der Waals surface area contributed by atoms with Gasteiger partial charge in [-0.15, -0.1) is 31.4 Å². The third-order valence-electron chi connectivity index (χ3n) is 2.60. The first-order chi connectivity index (χ1) is 8.76. The van der Waals surface area contributed by atoms with Crippen molar-refractivity contribution in [3.8, 4) is 0 Å². The summed E-state index contributed by atoms with van der Waals surface area (Å²) in [4.78, 5) is 11.7. The van der Waals surface area contributed by atoms with Gasteiger partial charge >= 0.3 is 0 Å². The molecule has 20 heavy (non-hydrogen) atoms. The molecule has 1 rings (SSSR count). The molecule has 0 aliphatic heterocycles. The summed E-state index contributed by atoms with van der Waals surface area (Å²) in [6, 6.07) is 7.94. The van der Waals surface area contributed by atoms with Crippen LogP contribution < -0.4 is 10.6 Å². The van der Waals surface area contributed by atoms with Crippen LogP contribution in [0.1, 0.15) is 31.7 Å². The summed E-state index contributed by atoms with van der Waals surface area (Å²) in [5, 5.41) is 6.18. The molecular formula is C15H24Cl2N2O. The standard InChI is InChI=1S/C15H22N2O.2ClH/c1-3-5-6-10-15(18)17-14-9-7-8-13(11-14)12-16-4-2;;/h3,7-9,11,16H,1,4-6,10,12H2,2H3,(H,17,18);2*1H. The molecule has 0 spiro atoms. The van der Waals surface area contributed by atoms with Crippen molar-refractivity contribution in [2.45, 2.75) is 32.7 Å². The molecule has 0 saturated carbocycles. The maximum atomic E-state index is 11.7. The van der Waals surface area contributed by atoms with E-state index in [2.05, 4.69) is 30.2 Å². The van der Waals surface area contributed by atoms with Crippen molar-refractivity contribution in [3.63, 3.8) is 0 Å². The smallest absolute Gasteiger partial charge is 0.224 e. The first-order valence-corrected chi connectivity index (χ1v) is 6.46. The lowest BCUT2D eigenvalue weighted by atomic mass is 10.2. The predicted octanol–water partition coefficient (Wildman–Crippen LogP) is 3.93. The molecule has 0 fully saturated rings. The lowest BCUT2D eigenvalue weighted by Gasteiger charge is -2.07. The summed E-state index contributed by atoms with van der Waals surface area (Å²) in [7, 11) is 0. The summed E-state index contributed by atoms with van der Waals surface area (Å²) in [5.74, 6) is 0.0671. The van der Waals surface area contributed by atoms with E-state index in [1.165, 1.54) is 5.56 Å². The van der Waals surface area contributed by atoms with Crippen molar-refractivity contribution >= 4 is 36.4 Å². The van der Waals surface area contributed by atoms with Crippen molar-refractivity contribution in [1.82, 2.24) is 5.32 Å². The second-order valence-electron chi connectivity index (χ2n) is 4.21. The maximum Gasteiger partial charge on any atom is 0.224 e. The molecule has 0 heterocycles. The minimum atomic E-state index is 0. The van der Waals surface area contributed by atoms with Gasteiger partial charge in [-0.25, -0.2) is 0 Å². The number of hydrogen-bond acceptors (Lipinski definition) is 2. The SMILES string of the molecule is C=CCCCC(=O)Nc1cccc(CNCC)c1.Cl.Cl. The number of amides is 1. The third kappa shape index (κ3) is 8.97. The van der Waals surface area contributed by atoms with Gasteiger partial charge in [0.05, 0.1) is 0 Å². The van der Waals surface area contributed by atoms with E-state index in [4.69, 9.17) is 0 Å². The molecule has 0 atom stereocenters. The van der Waals surface area contributed by atoms with Crippen molar-refractivity contribution in [3.05, 3.63) is 42.5 Å². The Balaban J connectivity index is 0. The van der Waals surface area contributed by atoms with Gasteiger partial charge in [0, 0.05) is 18.7 Å². The van der Waals surface area contributed by atoms with Crippen LogP contribution in [-0.2, 0) is 11.3 Å². The van der Waals surface area contributed by atoms with Crippen LogP contribution in [0.3, 0.4) is 0 Å². The number of carbonyl (C=O) groups excluding carboxylic acids is 1. The highest BCUT2D eigenvalue weighted by Crippen LogP contribution is 2.11. The normalized spacial score (nSPS) is 9.05. The summed E-state index contributed by atoms with van der Waals surface area (Å²) in [5.41, 5.74) is 2.05. The fourth-order valence-corrected chi connectivity index (χ4v) is 1.66. The van der Waals surface area contributed by atoms with E-state index >= 15 is 0 Å². The fourth-order valence-electron chi connectivity index (χ4n) is 1.66. The van der Waals surface area contributed by atoms with Crippen LogP contribution in [-0.4, -0.2) is 12.5 Å². The van der Waals surface area contributed by atoms with Crippen LogP contribution >= 0.6 is 24.8 Å². The minimum Gasteiger partial charge on any atom is -0.326 e. The molecule has 114 valence electrons. The van der Waals surface area contributed by atoms with E-state index in [1.54, 1.807) is 0 Å². The van der Waals surface area contributed by atoms with Gasteiger partial charge in [-0.05, 0) is 37.1 Å². The summed E-state index contributed by atoms with van der Waals surface area (Å²) in [6.07, 6.45) is 4.12. The average molecular weight is 319 g/mol. The van der Waals surface area contributed by atoms with E-state index in [0.717, 1.165) is 31.6 Å². The molecule has 0 radical (unpaired) electrons. The number of unbranched alkanes of at least 4 members (excludes halogenated alkanes) is 1. The van der Waals surface area contributed by atoms with Gasteiger partial charge in [-0.2, -0.15) is 0 Å². The monoisotopic (exact) mass is 318 g/mol. The Kier molecular flexibility index (Phi) is 13.8. The molecular weight excluding hydrogens is 295 g/mol. The van der Waals surface area contributed by atoms with E-state index < -0.39 is 0 Å². The fraction of sp³-hybridized carbons (Fsp3) is 0.400. The second kappa shape index (κ2) is 13.0. The van der Waals surface area contributed by atoms with Gasteiger partial charge in [-0.3, -0.25) is 4.79 Å². The largest absolute Gasteiger partial charge is 0.326 e. The Morgan fingerprint density at radius 1 is 1.35 bits per heavy atom. The number of rotatable bonds is 8. The Labute approximate surface area is 134 Å². The highest BCUT2D eigenvalue weighted by molar-refractivity contribution is 5.90. The molecule has 0 saturated heterocycles. The highest BCUT2D eigenvalue weighted by atomic mass is 35.5. The number of halogens is 2. The zero-order valence-electron chi connectivity index (χ0n) is 11.9. The Hall–Kier alpha value is -1.03. The molecule has 1 amide bonds. The maximum absolute atomic E-state index is 11.7. The zero-order chi connectivity index (χ0) is 13.2. The summed E-state index contributed by atoms with van der Waals surface area (Å²) < 4.78 is 0. The Morgan fingerprint density at radius 3 is 2.75 bits per heavy atom. The molecule has 1 aromatic carbocycles. The number of benzene rings is 1. The number of nitrogens with one attached hydrogen (secondary N) is 2. The Bertz CT molecular complexity index is 397. The molecule has 0 aromatic heterocycles. The van der Waals surface area contributed by atoms with Crippen LogP contribution in [0.2, 0.25) is 0 Å². The van der Waals surface area contributed by atoms with Crippen molar-refractivity contribution in [2.24, 2.45) is 0 Å². The topological polar surface area (TPSA) is 41.1 Å². The lowest BCUT2D eigenvalue weighted by Crippen LogP contribution is -2.13. The zero-order valence-corrected chi connectivity index (χ0v) is 13.5. The van der Waals surface area contributed by atoms with Crippen molar-refractivity contribution < 1.29 is 4.79 Å². The molecule has 2 N–H and O–H groups in total. The number of hydrogen-bond donors (Lipinski definition) is 2. The molecule has 3 nitrogen and oxygen atoms in total. The van der Waals surface area contributed by atoms with Gasteiger partial charge in [-0.1, -0.05) is 25.1 Å². The van der Waals surface area contributed by atoms with Crippen LogP contribution in [0.4, 0.5) is 5.69 Å². The van der Waals surface area contributed by atoms with Crippen molar-refractivity contribution in [1.29, 1.82) is 0 Å². The second-order valence-corrected chi connectivity index (χ2v) is 4.21. The van der Waals surface area contributed by atoms with Gasteiger partial charge in [0.15, 0.2) is 0 Å². The number of anilines is 1. The Morgan fingerprint density at radius 2 is 2.10 bits per heavy atom. The van der Waals surface area contributed by atoms with E-state index in [-0.39, 0.29) is 30.7 Å². The number of allylic oxidation sites excluding steroid dienone is 1. The summed E-state index contributed by atoms with van der Waals surface area (Å²) >= 11 is 0. The predicted molar refractivity (Wildman–Crippen MR) is 91.0 cm³/mol. The molecule has 0 aliphatic carbocycles. The van der Waals surface area contributed by atoms with Gasteiger partial charge < -0.3 is 10.6 Å².